The lowest BCUT2D eigenvalue weighted by Crippen LogP contribution is -2.47. The molecule has 7 heteroatoms. The zero-order chi connectivity index (χ0) is 18.6. The average Bonchev–Trinajstić information content (AvgIpc) is 2.81. The Balaban J connectivity index is 1.86. The third-order valence-corrected chi connectivity index (χ3v) is 6.99. The molecule has 134 valence electrons. The van der Waals surface area contributed by atoms with E-state index in [0.717, 1.165) is 0 Å². The highest BCUT2D eigenvalue weighted by Gasteiger charge is 2.77. The molecule has 4 nitrogen and oxygen atoms in total. The van der Waals surface area contributed by atoms with Gasteiger partial charge in [0.05, 0.1) is 0 Å². The molecule has 0 heterocycles. The van der Waals surface area contributed by atoms with Gasteiger partial charge in [-0.2, -0.15) is 8.78 Å². The Bertz CT molecular complexity index is 762. The van der Waals surface area contributed by atoms with E-state index >= 15 is 0 Å². The molecule has 2 aliphatic carbocycles. The molecule has 2 aliphatic rings. The summed E-state index contributed by atoms with van der Waals surface area (Å²) in [6.07, 6.45) is 0.841. The molecule has 1 amide bonds. The third kappa shape index (κ3) is 2.28. The molecule has 25 heavy (non-hydrogen) atoms. The second kappa shape index (κ2) is 5.62. The zero-order valence-corrected chi connectivity index (χ0v) is 15.0. The van der Waals surface area contributed by atoms with Crippen molar-refractivity contribution >= 4 is 34.9 Å². The van der Waals surface area contributed by atoms with Gasteiger partial charge in [0.2, 0.25) is 17.5 Å². The number of ketones is 2. The first-order valence-corrected chi connectivity index (χ1v) is 8.90. The van der Waals surface area contributed by atoms with Gasteiger partial charge < -0.3 is 5.32 Å². The van der Waals surface area contributed by atoms with Crippen molar-refractivity contribution in [3.8, 4) is 0 Å². The van der Waals surface area contributed by atoms with Gasteiger partial charge in [-0.25, -0.2) is 0 Å². The van der Waals surface area contributed by atoms with Crippen LogP contribution in [0.5, 0.6) is 0 Å². The fraction of sp³-hybridized carbons (Fsp3) is 0.500. The number of alkyl halides is 2. The average molecular weight is 367 g/mol. The molecule has 1 aromatic rings. The molecule has 2 unspecified atom stereocenters. The van der Waals surface area contributed by atoms with Crippen molar-refractivity contribution in [1.82, 2.24) is 0 Å². The second-order valence-corrected chi connectivity index (χ2v) is 8.44. The van der Waals surface area contributed by atoms with Crippen LogP contribution in [-0.4, -0.2) is 23.2 Å². The van der Waals surface area contributed by atoms with Crippen molar-refractivity contribution < 1.29 is 23.2 Å². The number of carbonyl (C=O) groups is 3. The van der Waals surface area contributed by atoms with Gasteiger partial charge in [0.15, 0.2) is 0 Å². The Labute approximate surface area is 148 Å². The van der Waals surface area contributed by atoms with Crippen LogP contribution in [0, 0.1) is 16.2 Å². The summed E-state index contributed by atoms with van der Waals surface area (Å²) >= 11 is 0.417. The van der Waals surface area contributed by atoms with Crippen LogP contribution in [0.15, 0.2) is 29.2 Å². The monoisotopic (exact) mass is 367 g/mol. The van der Waals surface area contributed by atoms with Crippen LogP contribution in [-0.2, 0) is 14.4 Å². The number of thioether (sulfide) groups is 1. The summed E-state index contributed by atoms with van der Waals surface area (Å²) < 4.78 is 24.7. The predicted molar refractivity (Wildman–Crippen MR) is 90.5 cm³/mol. The number of nitrogens with one attached hydrogen (secondary N) is 1. The van der Waals surface area contributed by atoms with E-state index in [1.54, 1.807) is 20.8 Å². The van der Waals surface area contributed by atoms with Crippen molar-refractivity contribution in [2.24, 2.45) is 16.2 Å². The Morgan fingerprint density at radius 3 is 2.16 bits per heavy atom. The summed E-state index contributed by atoms with van der Waals surface area (Å²) in [5.74, 6) is -4.10. The first kappa shape index (κ1) is 18.0. The lowest BCUT2D eigenvalue weighted by molar-refractivity contribution is -0.147. The summed E-state index contributed by atoms with van der Waals surface area (Å²) in [4.78, 5) is 38.4. The maximum Gasteiger partial charge on any atom is 0.288 e. The summed E-state index contributed by atoms with van der Waals surface area (Å²) in [5, 5.41) is 2.70. The fourth-order valence-corrected chi connectivity index (χ4v) is 4.73. The standard InChI is InChI=1S/C18H19F2NO3S/c1-16(2)17(3)8-9-18(16,13(23)12(17)22)14(24)21-10-4-6-11(7-5-10)25-15(19)20/h4-7,15H,8-9H2,1-3H3,(H,21,24). The normalized spacial score (nSPS) is 30.2. The number of Topliss-reactive ketones (excluding diaryl/α,β-unsaturated/α-hetero) is 2. The van der Waals surface area contributed by atoms with E-state index in [0.29, 0.717) is 35.2 Å². The molecular weight excluding hydrogens is 348 g/mol. The number of amides is 1. The summed E-state index contributed by atoms with van der Waals surface area (Å²) in [5.41, 5.74) is -2.55. The number of hydrogen-bond donors (Lipinski definition) is 1. The second-order valence-electron chi connectivity index (χ2n) is 7.38. The lowest BCUT2D eigenvalue weighted by atomic mass is 9.64. The van der Waals surface area contributed by atoms with Gasteiger partial charge >= 0.3 is 0 Å². The van der Waals surface area contributed by atoms with Crippen LogP contribution in [0.1, 0.15) is 33.6 Å². The molecule has 2 fully saturated rings. The highest BCUT2D eigenvalue weighted by Crippen LogP contribution is 2.69. The van der Waals surface area contributed by atoms with Gasteiger partial charge in [-0.3, -0.25) is 14.4 Å². The van der Waals surface area contributed by atoms with E-state index in [9.17, 15) is 23.2 Å². The minimum Gasteiger partial charge on any atom is -0.325 e. The Morgan fingerprint density at radius 2 is 1.68 bits per heavy atom. The Kier molecular flexibility index (Phi) is 4.06. The van der Waals surface area contributed by atoms with E-state index in [2.05, 4.69) is 5.32 Å². The number of carbonyl (C=O) groups excluding carboxylic acids is 3. The molecular formula is C18H19F2NO3S. The van der Waals surface area contributed by atoms with Crippen LogP contribution >= 0.6 is 11.8 Å². The molecule has 0 radical (unpaired) electrons. The molecule has 3 rings (SSSR count). The molecule has 0 spiro atoms. The van der Waals surface area contributed by atoms with E-state index in [1.165, 1.54) is 24.3 Å². The van der Waals surface area contributed by atoms with Gasteiger partial charge in [-0.15, -0.1) is 0 Å². The molecule has 2 atom stereocenters. The molecule has 0 aromatic heterocycles. The molecule has 1 N–H and O–H groups in total. The van der Waals surface area contributed by atoms with Crippen molar-refractivity contribution in [3.05, 3.63) is 24.3 Å². The number of rotatable bonds is 4. The Hall–Kier alpha value is -1.76. The minimum atomic E-state index is -2.52. The summed E-state index contributed by atoms with van der Waals surface area (Å²) in [6.45, 7) is 5.35. The lowest BCUT2D eigenvalue weighted by Gasteiger charge is -2.37. The van der Waals surface area contributed by atoms with E-state index in [-0.39, 0.29) is 0 Å². The van der Waals surface area contributed by atoms with Crippen molar-refractivity contribution in [3.63, 3.8) is 0 Å². The highest BCUT2D eigenvalue weighted by atomic mass is 32.2. The summed E-state index contributed by atoms with van der Waals surface area (Å²) in [7, 11) is 0. The van der Waals surface area contributed by atoms with E-state index < -0.39 is 39.5 Å². The predicted octanol–water partition coefficient (Wildman–Crippen LogP) is 3.90. The van der Waals surface area contributed by atoms with Gasteiger partial charge in [0.1, 0.15) is 5.41 Å². The first-order chi connectivity index (χ1) is 11.6. The first-order valence-electron chi connectivity index (χ1n) is 8.02. The number of anilines is 1. The molecule has 2 saturated carbocycles. The smallest absolute Gasteiger partial charge is 0.288 e. The number of benzene rings is 1. The van der Waals surface area contributed by atoms with Crippen molar-refractivity contribution in [1.29, 1.82) is 0 Å². The van der Waals surface area contributed by atoms with Crippen molar-refractivity contribution in [2.45, 2.75) is 44.3 Å². The minimum absolute atomic E-state index is 0.340. The maximum absolute atomic E-state index is 13.0. The summed E-state index contributed by atoms with van der Waals surface area (Å²) in [6, 6.07) is 5.99. The van der Waals surface area contributed by atoms with E-state index in [4.69, 9.17) is 0 Å². The van der Waals surface area contributed by atoms with Gasteiger partial charge in [0, 0.05) is 16.0 Å². The highest BCUT2D eigenvalue weighted by molar-refractivity contribution is 7.99. The molecule has 2 bridgehead atoms. The molecule has 0 saturated heterocycles. The van der Waals surface area contributed by atoms with Gasteiger partial charge in [-0.05, 0) is 42.5 Å². The quantitative estimate of drug-likeness (QED) is 0.498. The number of halogens is 2. The zero-order valence-electron chi connectivity index (χ0n) is 14.2. The molecule has 0 aliphatic heterocycles. The van der Waals surface area contributed by atoms with Crippen LogP contribution in [0.25, 0.3) is 0 Å². The van der Waals surface area contributed by atoms with Crippen LogP contribution in [0.4, 0.5) is 14.5 Å². The van der Waals surface area contributed by atoms with E-state index in [1.807, 2.05) is 0 Å². The number of hydrogen-bond acceptors (Lipinski definition) is 4. The maximum atomic E-state index is 13.0. The van der Waals surface area contributed by atoms with Crippen LogP contribution in [0.2, 0.25) is 0 Å². The van der Waals surface area contributed by atoms with Crippen molar-refractivity contribution in [2.75, 3.05) is 5.32 Å². The largest absolute Gasteiger partial charge is 0.325 e. The third-order valence-electron chi connectivity index (χ3n) is 6.27. The Morgan fingerprint density at radius 1 is 1.08 bits per heavy atom. The van der Waals surface area contributed by atoms with Gasteiger partial charge in [0.25, 0.3) is 5.76 Å². The SMILES string of the molecule is CC12CCC(C(=O)Nc3ccc(SC(F)F)cc3)(C(=O)C1=O)C2(C)C. The van der Waals surface area contributed by atoms with Crippen LogP contribution < -0.4 is 5.32 Å². The van der Waals surface area contributed by atoms with Gasteiger partial charge in [-0.1, -0.05) is 32.5 Å². The number of fused-ring (bicyclic) bond motifs is 2. The van der Waals surface area contributed by atoms with Crippen LogP contribution in [0.3, 0.4) is 0 Å². The molecule has 1 aromatic carbocycles. The topological polar surface area (TPSA) is 63.2 Å². The fourth-order valence-electron chi connectivity index (χ4n) is 4.23.